The van der Waals surface area contributed by atoms with Gasteiger partial charge >= 0.3 is 0 Å². The number of ether oxygens (including phenoxy) is 1. The van der Waals surface area contributed by atoms with E-state index in [1.54, 1.807) is 24.3 Å². The van der Waals surface area contributed by atoms with Crippen molar-refractivity contribution in [1.29, 1.82) is 0 Å². The normalized spacial score (nSPS) is 14.8. The molecule has 35 heavy (non-hydrogen) atoms. The molecule has 1 atom stereocenters. The van der Waals surface area contributed by atoms with E-state index in [4.69, 9.17) is 4.74 Å². The monoisotopic (exact) mass is 491 g/mol. The molecule has 0 aromatic heterocycles. The number of ketones is 1. The maximum Gasteiger partial charge on any atom is 0.264 e. The van der Waals surface area contributed by atoms with E-state index in [1.165, 1.54) is 31.5 Å². The highest BCUT2D eigenvalue weighted by Gasteiger charge is 2.32. The van der Waals surface area contributed by atoms with Gasteiger partial charge < -0.3 is 10.1 Å². The van der Waals surface area contributed by atoms with Crippen LogP contribution in [-0.4, -0.2) is 40.0 Å². The number of amides is 1. The highest BCUT2D eigenvalue weighted by atomic mass is 32.2. The first-order chi connectivity index (χ1) is 16.8. The first kappa shape index (κ1) is 24.2. The van der Waals surface area contributed by atoms with Crippen LogP contribution in [-0.2, 0) is 21.4 Å². The first-order valence-electron chi connectivity index (χ1n) is 11.1. The Labute approximate surface area is 204 Å². The predicted molar refractivity (Wildman–Crippen MR) is 134 cm³/mol. The van der Waals surface area contributed by atoms with Gasteiger partial charge in [-0.05, 0) is 55.0 Å². The summed E-state index contributed by atoms with van der Waals surface area (Å²) in [5, 5.41) is 2.74. The SMILES string of the molecule is CCOc1ccc(N(C)S(=O)(=O)c2ccc3c(c2)C(=O)C(C(=O)NCc2ccccc2)C=N3)cc1. The number of rotatable bonds is 8. The van der Waals surface area contributed by atoms with E-state index in [1.807, 2.05) is 37.3 Å². The largest absolute Gasteiger partial charge is 0.494 e. The lowest BCUT2D eigenvalue weighted by atomic mass is 9.94. The van der Waals surface area contributed by atoms with Crippen LogP contribution >= 0.6 is 0 Å². The maximum absolute atomic E-state index is 13.3. The summed E-state index contributed by atoms with van der Waals surface area (Å²) in [6.45, 7) is 2.64. The second kappa shape index (κ2) is 10.1. The molecule has 8 nitrogen and oxygen atoms in total. The Kier molecular flexibility index (Phi) is 6.97. The molecule has 3 aromatic carbocycles. The Bertz CT molecular complexity index is 1370. The van der Waals surface area contributed by atoms with Gasteiger partial charge in [-0.25, -0.2) is 8.42 Å². The van der Waals surface area contributed by atoms with Crippen molar-refractivity contribution in [1.82, 2.24) is 5.32 Å². The number of carbonyl (C=O) groups is 2. The fraction of sp³-hybridized carbons (Fsp3) is 0.192. The number of hydrogen-bond donors (Lipinski definition) is 1. The average molecular weight is 492 g/mol. The molecule has 180 valence electrons. The third-order valence-electron chi connectivity index (χ3n) is 5.64. The van der Waals surface area contributed by atoms with Crippen molar-refractivity contribution in [3.05, 3.63) is 83.9 Å². The third-order valence-corrected chi connectivity index (χ3v) is 7.42. The van der Waals surface area contributed by atoms with Crippen molar-refractivity contribution in [2.45, 2.75) is 18.4 Å². The maximum atomic E-state index is 13.3. The number of nitrogens with one attached hydrogen (secondary N) is 1. The molecule has 1 heterocycles. The van der Waals surface area contributed by atoms with Crippen LogP contribution in [0.5, 0.6) is 5.75 Å². The number of sulfonamides is 1. The molecule has 4 rings (SSSR count). The number of nitrogens with zero attached hydrogens (tertiary/aromatic N) is 2. The summed E-state index contributed by atoms with van der Waals surface area (Å²) in [7, 11) is -2.54. The number of carbonyl (C=O) groups excluding carboxylic acids is 2. The number of anilines is 1. The molecule has 0 radical (unpaired) electrons. The second-order valence-electron chi connectivity index (χ2n) is 7.90. The molecular weight excluding hydrogens is 466 g/mol. The molecule has 0 fully saturated rings. The summed E-state index contributed by atoms with van der Waals surface area (Å²) in [4.78, 5) is 30.0. The molecule has 0 saturated heterocycles. The zero-order valence-corrected chi connectivity index (χ0v) is 20.2. The van der Waals surface area contributed by atoms with Crippen molar-refractivity contribution >= 4 is 39.3 Å². The van der Waals surface area contributed by atoms with Gasteiger partial charge in [0, 0.05) is 25.4 Å². The van der Waals surface area contributed by atoms with Crippen LogP contribution in [0.15, 0.2) is 82.7 Å². The molecule has 1 aliphatic rings. The van der Waals surface area contributed by atoms with Gasteiger partial charge in [0.15, 0.2) is 5.78 Å². The van der Waals surface area contributed by atoms with E-state index in [2.05, 4.69) is 10.3 Å². The minimum absolute atomic E-state index is 0.0680. The van der Waals surface area contributed by atoms with Gasteiger partial charge in [-0.15, -0.1) is 0 Å². The lowest BCUT2D eigenvalue weighted by Gasteiger charge is -2.22. The number of aliphatic imine (C=N–C) groups is 1. The summed E-state index contributed by atoms with van der Waals surface area (Å²) < 4.78 is 33.1. The van der Waals surface area contributed by atoms with Crippen molar-refractivity contribution in [3.8, 4) is 5.75 Å². The quantitative estimate of drug-likeness (QED) is 0.483. The van der Waals surface area contributed by atoms with E-state index < -0.39 is 27.6 Å². The van der Waals surface area contributed by atoms with Crippen LogP contribution in [0, 0.1) is 5.92 Å². The number of benzene rings is 3. The van der Waals surface area contributed by atoms with Crippen molar-refractivity contribution < 1.29 is 22.7 Å². The number of hydrogen-bond acceptors (Lipinski definition) is 6. The van der Waals surface area contributed by atoms with Gasteiger partial charge in [0.25, 0.3) is 10.0 Å². The van der Waals surface area contributed by atoms with Gasteiger partial charge in [-0.1, -0.05) is 30.3 Å². The van der Waals surface area contributed by atoms with Gasteiger partial charge in [0.1, 0.15) is 11.7 Å². The number of Topliss-reactive ketones (excluding diaryl/α,β-unsaturated/α-hetero) is 1. The van der Waals surface area contributed by atoms with Crippen LogP contribution in [0.25, 0.3) is 0 Å². The molecule has 0 spiro atoms. The zero-order chi connectivity index (χ0) is 25.0. The Morgan fingerprint density at radius 3 is 2.46 bits per heavy atom. The van der Waals surface area contributed by atoms with Crippen molar-refractivity contribution in [2.24, 2.45) is 10.9 Å². The minimum Gasteiger partial charge on any atom is -0.494 e. The first-order valence-corrected chi connectivity index (χ1v) is 12.5. The molecule has 1 N–H and O–H groups in total. The summed E-state index contributed by atoms with van der Waals surface area (Å²) in [6.07, 6.45) is 1.30. The predicted octanol–water partition coefficient (Wildman–Crippen LogP) is 3.74. The summed E-state index contributed by atoms with van der Waals surface area (Å²) in [5.74, 6) is -1.49. The van der Waals surface area contributed by atoms with Crippen LogP contribution in [0.4, 0.5) is 11.4 Å². The molecular formula is C26H25N3O5S. The van der Waals surface area contributed by atoms with Crippen LogP contribution in [0.2, 0.25) is 0 Å². The fourth-order valence-electron chi connectivity index (χ4n) is 3.67. The van der Waals surface area contributed by atoms with Crippen LogP contribution < -0.4 is 14.4 Å². The average Bonchev–Trinajstić information content (AvgIpc) is 2.88. The highest BCUT2D eigenvalue weighted by molar-refractivity contribution is 7.92. The minimum atomic E-state index is -3.97. The lowest BCUT2D eigenvalue weighted by molar-refractivity contribution is -0.122. The molecule has 0 bridgehead atoms. The van der Waals surface area contributed by atoms with Gasteiger partial charge in [-0.3, -0.25) is 18.9 Å². The number of fused-ring (bicyclic) bond motifs is 1. The van der Waals surface area contributed by atoms with E-state index in [0.717, 1.165) is 9.87 Å². The molecule has 0 saturated carbocycles. The molecule has 1 unspecified atom stereocenters. The molecule has 3 aromatic rings. The molecule has 1 amide bonds. The zero-order valence-electron chi connectivity index (χ0n) is 19.3. The second-order valence-corrected chi connectivity index (χ2v) is 9.87. The van der Waals surface area contributed by atoms with E-state index in [9.17, 15) is 18.0 Å². The van der Waals surface area contributed by atoms with Gasteiger partial charge in [-0.2, -0.15) is 0 Å². The van der Waals surface area contributed by atoms with E-state index in [0.29, 0.717) is 23.7 Å². The Balaban J connectivity index is 1.54. The Hall–Kier alpha value is -3.98. The van der Waals surface area contributed by atoms with Crippen molar-refractivity contribution in [2.75, 3.05) is 18.0 Å². The highest BCUT2D eigenvalue weighted by Crippen LogP contribution is 2.31. The Morgan fingerprint density at radius 2 is 1.77 bits per heavy atom. The molecule has 9 heteroatoms. The van der Waals surface area contributed by atoms with E-state index >= 15 is 0 Å². The third kappa shape index (κ3) is 5.09. The summed E-state index contributed by atoms with van der Waals surface area (Å²) in [5.41, 5.74) is 1.75. The fourth-order valence-corrected chi connectivity index (χ4v) is 4.90. The van der Waals surface area contributed by atoms with E-state index in [-0.39, 0.29) is 17.0 Å². The smallest absolute Gasteiger partial charge is 0.264 e. The Morgan fingerprint density at radius 1 is 1.06 bits per heavy atom. The van der Waals surface area contributed by atoms with Crippen molar-refractivity contribution in [3.63, 3.8) is 0 Å². The van der Waals surface area contributed by atoms with Crippen LogP contribution in [0.3, 0.4) is 0 Å². The molecule has 1 aliphatic heterocycles. The van der Waals surface area contributed by atoms with Gasteiger partial charge in [0.05, 0.1) is 22.9 Å². The summed E-state index contributed by atoms with van der Waals surface area (Å²) >= 11 is 0. The summed E-state index contributed by atoms with van der Waals surface area (Å²) in [6, 6.07) is 20.1. The lowest BCUT2D eigenvalue weighted by Crippen LogP contribution is -2.37. The topological polar surface area (TPSA) is 105 Å². The molecule has 0 aliphatic carbocycles. The van der Waals surface area contributed by atoms with Crippen LogP contribution in [0.1, 0.15) is 22.8 Å². The van der Waals surface area contributed by atoms with Gasteiger partial charge in [0.2, 0.25) is 5.91 Å². The standard InChI is InChI=1S/C26H25N3O5S/c1-3-34-20-11-9-19(10-12-20)29(2)35(32,33)21-13-14-24-22(15-21)25(30)23(17-27-24)26(31)28-16-18-7-5-4-6-8-18/h4-15,17,23H,3,16H2,1-2H3,(H,28,31).